The van der Waals surface area contributed by atoms with Crippen molar-refractivity contribution in [3.8, 4) is 12.3 Å². The Morgan fingerprint density at radius 1 is 1.32 bits per heavy atom. The van der Waals surface area contributed by atoms with Crippen LogP contribution in [-0.4, -0.2) is 23.0 Å². The van der Waals surface area contributed by atoms with Gasteiger partial charge in [-0.25, -0.2) is 18.0 Å². The highest BCUT2D eigenvalue weighted by atomic mass is 19.2. The number of amides is 1. The molecule has 0 heterocycles. The maximum absolute atomic E-state index is 13.3. The number of terminal acetylenes is 1. The SMILES string of the molecule is C#CCC(NC(=O)c1ccc(F)c(F)c1F)C(=O)O. The van der Waals surface area contributed by atoms with Crippen molar-refractivity contribution in [2.75, 3.05) is 0 Å². The molecule has 1 rings (SSSR count). The predicted molar refractivity (Wildman–Crippen MR) is 58.7 cm³/mol. The zero-order valence-corrected chi connectivity index (χ0v) is 9.41. The van der Waals surface area contributed by atoms with Gasteiger partial charge in [-0.05, 0) is 12.1 Å². The summed E-state index contributed by atoms with van der Waals surface area (Å²) in [6.07, 6.45) is 4.58. The number of hydrogen-bond donors (Lipinski definition) is 2. The van der Waals surface area contributed by atoms with E-state index in [1.807, 2.05) is 11.2 Å². The first-order valence-corrected chi connectivity index (χ1v) is 4.99. The molecule has 100 valence electrons. The quantitative estimate of drug-likeness (QED) is 0.641. The van der Waals surface area contributed by atoms with Gasteiger partial charge in [-0.1, -0.05) is 0 Å². The van der Waals surface area contributed by atoms with Crippen molar-refractivity contribution >= 4 is 11.9 Å². The van der Waals surface area contributed by atoms with Crippen LogP contribution in [0.4, 0.5) is 13.2 Å². The van der Waals surface area contributed by atoms with Crippen LogP contribution < -0.4 is 5.32 Å². The molecule has 0 aromatic heterocycles. The summed E-state index contributed by atoms with van der Waals surface area (Å²) >= 11 is 0. The second-order valence-electron chi connectivity index (χ2n) is 3.50. The molecule has 1 aromatic carbocycles. The van der Waals surface area contributed by atoms with E-state index in [4.69, 9.17) is 11.5 Å². The highest BCUT2D eigenvalue weighted by Gasteiger charge is 2.23. The average molecular weight is 271 g/mol. The Hall–Kier alpha value is -2.49. The van der Waals surface area contributed by atoms with E-state index in [1.165, 1.54) is 0 Å². The Kier molecular flexibility index (Phi) is 4.53. The van der Waals surface area contributed by atoms with Crippen LogP contribution in [0.3, 0.4) is 0 Å². The maximum Gasteiger partial charge on any atom is 0.327 e. The first-order valence-electron chi connectivity index (χ1n) is 4.99. The number of rotatable bonds is 4. The fraction of sp³-hybridized carbons (Fsp3) is 0.167. The zero-order chi connectivity index (χ0) is 14.6. The van der Waals surface area contributed by atoms with Gasteiger partial charge in [0.25, 0.3) is 5.91 Å². The number of carbonyl (C=O) groups is 2. The van der Waals surface area contributed by atoms with E-state index in [-0.39, 0.29) is 6.42 Å². The molecule has 0 fully saturated rings. The Morgan fingerprint density at radius 3 is 2.47 bits per heavy atom. The van der Waals surface area contributed by atoms with Gasteiger partial charge >= 0.3 is 5.97 Å². The van der Waals surface area contributed by atoms with Crippen LogP contribution in [0.2, 0.25) is 0 Å². The van der Waals surface area contributed by atoms with Gasteiger partial charge in [0.05, 0.1) is 5.56 Å². The third-order valence-electron chi connectivity index (χ3n) is 2.21. The standard InChI is InChI=1S/C12H8F3NO3/c1-2-3-8(12(18)19)16-11(17)6-4-5-7(13)10(15)9(6)14/h1,4-5,8H,3H2,(H,16,17)(H,18,19). The van der Waals surface area contributed by atoms with Gasteiger partial charge in [0.2, 0.25) is 0 Å². The van der Waals surface area contributed by atoms with Crippen LogP contribution in [0.5, 0.6) is 0 Å². The molecule has 0 aliphatic rings. The topological polar surface area (TPSA) is 66.4 Å². The van der Waals surface area contributed by atoms with E-state index in [2.05, 4.69) is 0 Å². The van der Waals surface area contributed by atoms with E-state index in [1.54, 1.807) is 0 Å². The fourth-order valence-corrected chi connectivity index (χ4v) is 1.26. The molecule has 0 radical (unpaired) electrons. The van der Waals surface area contributed by atoms with Gasteiger partial charge in [0, 0.05) is 6.42 Å². The molecule has 1 atom stereocenters. The third kappa shape index (κ3) is 3.25. The van der Waals surface area contributed by atoms with Crippen LogP contribution in [0.25, 0.3) is 0 Å². The summed E-state index contributed by atoms with van der Waals surface area (Å²) in [5.74, 6) is -5.55. The summed E-state index contributed by atoms with van der Waals surface area (Å²) in [5.41, 5.74) is -0.804. The van der Waals surface area contributed by atoms with Gasteiger partial charge in [-0.3, -0.25) is 4.79 Å². The van der Waals surface area contributed by atoms with Crippen molar-refractivity contribution in [2.24, 2.45) is 0 Å². The Labute approximate surface area is 106 Å². The fourth-order valence-electron chi connectivity index (χ4n) is 1.26. The molecule has 0 saturated carbocycles. The largest absolute Gasteiger partial charge is 0.480 e. The molecule has 1 aromatic rings. The smallest absolute Gasteiger partial charge is 0.327 e. The lowest BCUT2D eigenvalue weighted by molar-refractivity contribution is -0.139. The van der Waals surface area contributed by atoms with Crippen LogP contribution in [0.1, 0.15) is 16.8 Å². The lowest BCUT2D eigenvalue weighted by Gasteiger charge is -2.12. The van der Waals surface area contributed by atoms with Gasteiger partial charge in [-0.15, -0.1) is 12.3 Å². The molecule has 2 N–H and O–H groups in total. The Balaban J connectivity index is 2.99. The Bertz CT molecular complexity index is 566. The summed E-state index contributed by atoms with van der Waals surface area (Å²) in [7, 11) is 0. The highest BCUT2D eigenvalue weighted by Crippen LogP contribution is 2.15. The third-order valence-corrected chi connectivity index (χ3v) is 2.21. The number of aliphatic carboxylic acids is 1. The van der Waals surface area contributed by atoms with Crippen LogP contribution in [0.15, 0.2) is 12.1 Å². The van der Waals surface area contributed by atoms with E-state index in [0.717, 1.165) is 0 Å². The van der Waals surface area contributed by atoms with Crippen LogP contribution in [0, 0.1) is 29.8 Å². The summed E-state index contributed by atoms with van der Waals surface area (Å²) in [5, 5.41) is 10.6. The molecule has 1 unspecified atom stereocenters. The lowest BCUT2D eigenvalue weighted by atomic mass is 10.1. The number of carboxylic acids is 1. The normalized spacial score (nSPS) is 11.5. The number of benzene rings is 1. The minimum Gasteiger partial charge on any atom is -0.480 e. The minimum atomic E-state index is -1.81. The van der Waals surface area contributed by atoms with Gasteiger partial charge in [0.15, 0.2) is 17.5 Å². The summed E-state index contributed by atoms with van der Waals surface area (Å²) in [4.78, 5) is 22.3. The van der Waals surface area contributed by atoms with Crippen molar-refractivity contribution < 1.29 is 27.9 Å². The van der Waals surface area contributed by atoms with E-state index in [0.29, 0.717) is 12.1 Å². The lowest BCUT2D eigenvalue weighted by Crippen LogP contribution is -2.40. The van der Waals surface area contributed by atoms with Gasteiger partial charge in [0.1, 0.15) is 6.04 Å². The van der Waals surface area contributed by atoms with Crippen LogP contribution >= 0.6 is 0 Å². The molecular formula is C12H8F3NO3. The number of nitrogens with one attached hydrogen (secondary N) is 1. The Morgan fingerprint density at radius 2 is 1.95 bits per heavy atom. The van der Waals surface area contributed by atoms with Crippen molar-refractivity contribution in [1.82, 2.24) is 5.32 Å². The van der Waals surface area contributed by atoms with E-state index < -0.39 is 40.9 Å². The monoisotopic (exact) mass is 271 g/mol. The first kappa shape index (κ1) is 14.6. The molecule has 4 nitrogen and oxygen atoms in total. The summed E-state index contributed by atoms with van der Waals surface area (Å²) in [6, 6.07) is -0.174. The second-order valence-corrected chi connectivity index (χ2v) is 3.50. The van der Waals surface area contributed by atoms with E-state index >= 15 is 0 Å². The number of carbonyl (C=O) groups excluding carboxylic acids is 1. The van der Waals surface area contributed by atoms with Crippen molar-refractivity contribution in [2.45, 2.75) is 12.5 Å². The minimum absolute atomic E-state index is 0.327. The molecule has 1 amide bonds. The number of carboxylic acid groups (broad SMARTS) is 1. The zero-order valence-electron chi connectivity index (χ0n) is 9.41. The molecule has 0 spiro atoms. The van der Waals surface area contributed by atoms with Crippen molar-refractivity contribution in [1.29, 1.82) is 0 Å². The van der Waals surface area contributed by atoms with Crippen LogP contribution in [-0.2, 0) is 4.79 Å². The summed E-state index contributed by atoms with van der Waals surface area (Å²) in [6.45, 7) is 0. The van der Waals surface area contributed by atoms with Gasteiger partial charge < -0.3 is 10.4 Å². The molecular weight excluding hydrogens is 263 g/mol. The maximum atomic E-state index is 13.3. The highest BCUT2D eigenvalue weighted by molar-refractivity contribution is 5.96. The molecule has 0 aliphatic carbocycles. The van der Waals surface area contributed by atoms with Crippen molar-refractivity contribution in [3.63, 3.8) is 0 Å². The molecule has 19 heavy (non-hydrogen) atoms. The molecule has 0 saturated heterocycles. The molecule has 7 heteroatoms. The van der Waals surface area contributed by atoms with Gasteiger partial charge in [-0.2, -0.15) is 0 Å². The summed E-state index contributed by atoms with van der Waals surface area (Å²) < 4.78 is 38.9. The molecule has 0 bridgehead atoms. The predicted octanol–water partition coefficient (Wildman–Crippen LogP) is 1.31. The molecule has 0 aliphatic heterocycles. The van der Waals surface area contributed by atoms with E-state index in [9.17, 15) is 22.8 Å². The first-order chi connectivity index (χ1) is 8.88. The van der Waals surface area contributed by atoms with Crippen molar-refractivity contribution in [3.05, 3.63) is 35.1 Å². The second kappa shape index (κ2) is 5.91. The number of halogens is 3. The average Bonchev–Trinajstić information content (AvgIpc) is 2.35. The number of hydrogen-bond acceptors (Lipinski definition) is 2.